The van der Waals surface area contributed by atoms with E-state index in [-0.39, 0.29) is 23.4 Å². The third-order valence-corrected chi connectivity index (χ3v) is 4.46. The Bertz CT molecular complexity index is 591. The summed E-state index contributed by atoms with van der Waals surface area (Å²) < 4.78 is 5.26. The first kappa shape index (κ1) is 14.5. The molecule has 0 spiro atoms. The standard InChI is InChI=1S/C13H13NO4S2/c1-8(10-3-2-4-19-10)14-12(15)6-18-9-5-11(13(16)17)20-7-9/h2-5,7-8H,6H2,1H3,(H,14,15)(H,16,17). The molecule has 2 heterocycles. The van der Waals surface area contributed by atoms with Crippen molar-refractivity contribution in [2.24, 2.45) is 0 Å². The number of hydrogen-bond acceptors (Lipinski definition) is 5. The Hall–Kier alpha value is -1.86. The van der Waals surface area contributed by atoms with Crippen molar-refractivity contribution in [3.63, 3.8) is 0 Å². The molecule has 1 unspecified atom stereocenters. The van der Waals surface area contributed by atoms with E-state index in [1.54, 1.807) is 16.7 Å². The molecular weight excluding hydrogens is 298 g/mol. The number of amides is 1. The Morgan fingerprint density at radius 2 is 2.25 bits per heavy atom. The maximum absolute atomic E-state index is 11.7. The summed E-state index contributed by atoms with van der Waals surface area (Å²) in [5, 5.41) is 15.1. The van der Waals surface area contributed by atoms with E-state index in [0.29, 0.717) is 5.75 Å². The summed E-state index contributed by atoms with van der Waals surface area (Å²) in [7, 11) is 0. The van der Waals surface area contributed by atoms with E-state index in [4.69, 9.17) is 9.84 Å². The summed E-state index contributed by atoms with van der Waals surface area (Å²) in [5.41, 5.74) is 0. The van der Waals surface area contributed by atoms with E-state index in [0.717, 1.165) is 16.2 Å². The van der Waals surface area contributed by atoms with Crippen molar-refractivity contribution in [2.45, 2.75) is 13.0 Å². The normalized spacial score (nSPS) is 11.8. The van der Waals surface area contributed by atoms with Gasteiger partial charge in [-0.25, -0.2) is 4.79 Å². The quantitative estimate of drug-likeness (QED) is 0.860. The number of thiophene rings is 2. The first-order chi connectivity index (χ1) is 9.56. The summed E-state index contributed by atoms with van der Waals surface area (Å²) >= 11 is 2.64. The molecule has 5 nitrogen and oxygen atoms in total. The number of carbonyl (C=O) groups is 2. The van der Waals surface area contributed by atoms with Crippen LogP contribution in [0.1, 0.15) is 27.5 Å². The maximum Gasteiger partial charge on any atom is 0.346 e. The fourth-order valence-corrected chi connectivity index (χ4v) is 2.95. The highest BCUT2D eigenvalue weighted by Gasteiger charge is 2.12. The van der Waals surface area contributed by atoms with Gasteiger partial charge >= 0.3 is 5.97 Å². The Balaban J connectivity index is 1.81. The molecule has 0 bridgehead atoms. The number of carboxylic acid groups (broad SMARTS) is 1. The van der Waals surface area contributed by atoms with Crippen LogP contribution in [0.15, 0.2) is 29.0 Å². The van der Waals surface area contributed by atoms with Crippen molar-refractivity contribution in [3.8, 4) is 5.75 Å². The zero-order valence-electron chi connectivity index (χ0n) is 10.7. The van der Waals surface area contributed by atoms with Gasteiger partial charge in [-0.1, -0.05) is 6.07 Å². The van der Waals surface area contributed by atoms with Gasteiger partial charge in [0, 0.05) is 16.3 Å². The van der Waals surface area contributed by atoms with Crippen molar-refractivity contribution in [1.82, 2.24) is 5.32 Å². The predicted octanol–water partition coefficient (Wildman–Crippen LogP) is 2.76. The molecule has 2 rings (SSSR count). The number of carbonyl (C=O) groups excluding carboxylic acids is 1. The fourth-order valence-electron chi connectivity index (χ4n) is 1.55. The average Bonchev–Trinajstić information content (AvgIpc) is 3.07. The molecule has 0 aliphatic rings. The number of nitrogens with one attached hydrogen (secondary N) is 1. The molecule has 2 N–H and O–H groups in total. The van der Waals surface area contributed by atoms with Gasteiger partial charge in [-0.2, -0.15) is 0 Å². The van der Waals surface area contributed by atoms with E-state index >= 15 is 0 Å². The lowest BCUT2D eigenvalue weighted by molar-refractivity contribution is -0.123. The van der Waals surface area contributed by atoms with Crippen molar-refractivity contribution in [1.29, 1.82) is 0 Å². The SMILES string of the molecule is CC(NC(=O)COc1csc(C(=O)O)c1)c1cccs1. The van der Waals surface area contributed by atoms with Gasteiger partial charge in [-0.3, -0.25) is 4.79 Å². The van der Waals surface area contributed by atoms with Crippen LogP contribution in [-0.2, 0) is 4.79 Å². The third-order valence-electron chi connectivity index (χ3n) is 2.50. The minimum absolute atomic E-state index is 0.0665. The maximum atomic E-state index is 11.7. The van der Waals surface area contributed by atoms with Gasteiger partial charge in [0.2, 0.25) is 0 Å². The van der Waals surface area contributed by atoms with Crippen molar-refractivity contribution in [2.75, 3.05) is 6.61 Å². The predicted molar refractivity (Wildman–Crippen MR) is 77.7 cm³/mol. The second kappa shape index (κ2) is 6.53. The van der Waals surface area contributed by atoms with Gasteiger partial charge in [0.05, 0.1) is 6.04 Å². The topological polar surface area (TPSA) is 75.6 Å². The van der Waals surface area contributed by atoms with Crippen LogP contribution in [0.25, 0.3) is 0 Å². The minimum Gasteiger partial charge on any atom is -0.483 e. The molecular formula is C13H13NO4S2. The molecule has 0 aliphatic carbocycles. The first-order valence-electron chi connectivity index (χ1n) is 5.83. The highest BCUT2D eigenvalue weighted by atomic mass is 32.1. The molecule has 106 valence electrons. The van der Waals surface area contributed by atoms with Gasteiger partial charge in [0.1, 0.15) is 10.6 Å². The lowest BCUT2D eigenvalue weighted by Crippen LogP contribution is -2.30. The van der Waals surface area contributed by atoms with Crippen LogP contribution in [0.5, 0.6) is 5.75 Å². The van der Waals surface area contributed by atoms with E-state index in [9.17, 15) is 9.59 Å². The van der Waals surface area contributed by atoms with Crippen LogP contribution < -0.4 is 10.1 Å². The van der Waals surface area contributed by atoms with E-state index in [1.165, 1.54) is 6.07 Å². The van der Waals surface area contributed by atoms with E-state index < -0.39 is 5.97 Å². The van der Waals surface area contributed by atoms with Crippen molar-refractivity contribution < 1.29 is 19.4 Å². The van der Waals surface area contributed by atoms with Crippen LogP contribution >= 0.6 is 22.7 Å². The lowest BCUT2D eigenvalue weighted by atomic mass is 10.3. The molecule has 0 saturated heterocycles. The number of ether oxygens (including phenoxy) is 1. The lowest BCUT2D eigenvalue weighted by Gasteiger charge is -2.12. The zero-order valence-corrected chi connectivity index (χ0v) is 12.3. The molecule has 0 aromatic carbocycles. The molecule has 20 heavy (non-hydrogen) atoms. The van der Waals surface area contributed by atoms with Gasteiger partial charge < -0.3 is 15.2 Å². The second-order valence-corrected chi connectivity index (χ2v) is 5.94. The molecule has 1 amide bonds. The Morgan fingerprint density at radius 3 is 2.85 bits per heavy atom. The summed E-state index contributed by atoms with van der Waals surface area (Å²) in [6.45, 7) is 1.77. The highest BCUT2D eigenvalue weighted by molar-refractivity contribution is 7.12. The largest absolute Gasteiger partial charge is 0.483 e. The molecule has 0 fully saturated rings. The van der Waals surface area contributed by atoms with Crippen LogP contribution in [0, 0.1) is 0 Å². The summed E-state index contributed by atoms with van der Waals surface area (Å²) in [6.07, 6.45) is 0. The van der Waals surface area contributed by atoms with Gasteiger partial charge in [0.15, 0.2) is 6.61 Å². The Morgan fingerprint density at radius 1 is 1.45 bits per heavy atom. The number of carboxylic acids is 1. The van der Waals surface area contributed by atoms with Gasteiger partial charge in [-0.05, 0) is 18.4 Å². The third kappa shape index (κ3) is 3.82. The van der Waals surface area contributed by atoms with Crippen LogP contribution in [0.3, 0.4) is 0 Å². The molecule has 2 aromatic heterocycles. The van der Waals surface area contributed by atoms with Crippen molar-refractivity contribution in [3.05, 3.63) is 38.7 Å². The average molecular weight is 311 g/mol. The molecule has 0 radical (unpaired) electrons. The molecule has 1 atom stereocenters. The molecule has 0 aliphatic heterocycles. The molecule has 7 heteroatoms. The van der Waals surface area contributed by atoms with Crippen LogP contribution in [0.4, 0.5) is 0 Å². The molecule has 0 saturated carbocycles. The summed E-state index contributed by atoms with van der Waals surface area (Å²) in [5.74, 6) is -0.846. The second-order valence-electron chi connectivity index (χ2n) is 4.05. The van der Waals surface area contributed by atoms with Crippen LogP contribution in [0.2, 0.25) is 0 Å². The molecule has 2 aromatic rings. The minimum atomic E-state index is -0.999. The number of hydrogen-bond donors (Lipinski definition) is 2. The van der Waals surface area contributed by atoms with Crippen LogP contribution in [-0.4, -0.2) is 23.6 Å². The van der Waals surface area contributed by atoms with E-state index in [1.807, 2.05) is 24.4 Å². The van der Waals surface area contributed by atoms with Crippen molar-refractivity contribution >= 4 is 34.6 Å². The summed E-state index contributed by atoms with van der Waals surface area (Å²) in [4.78, 5) is 23.7. The monoisotopic (exact) mass is 311 g/mol. The highest BCUT2D eigenvalue weighted by Crippen LogP contribution is 2.21. The first-order valence-corrected chi connectivity index (χ1v) is 7.59. The van der Waals surface area contributed by atoms with Gasteiger partial charge in [0.25, 0.3) is 5.91 Å². The number of aromatic carboxylic acids is 1. The fraction of sp³-hybridized carbons (Fsp3) is 0.231. The van der Waals surface area contributed by atoms with Gasteiger partial charge in [-0.15, -0.1) is 22.7 Å². The zero-order chi connectivity index (χ0) is 14.5. The smallest absolute Gasteiger partial charge is 0.346 e. The Kier molecular flexibility index (Phi) is 4.75. The Labute approximate surface area is 123 Å². The van der Waals surface area contributed by atoms with E-state index in [2.05, 4.69) is 5.32 Å². The summed E-state index contributed by atoms with van der Waals surface area (Å²) in [6, 6.07) is 5.22. The number of rotatable bonds is 6.